The number of fused-ring (bicyclic) bond motifs is 4. The highest BCUT2D eigenvalue weighted by Crippen LogP contribution is 2.58. The van der Waals surface area contributed by atoms with E-state index in [-0.39, 0.29) is 73.4 Å². The highest BCUT2D eigenvalue weighted by molar-refractivity contribution is 8.20. The molecule has 0 aromatic heterocycles. The van der Waals surface area contributed by atoms with E-state index in [9.17, 15) is 90.1 Å². The van der Waals surface area contributed by atoms with Crippen molar-refractivity contribution in [3.05, 3.63) is 231 Å². The Morgan fingerprint density at radius 3 is 0.783 bits per heavy atom. The normalized spacial score (nSPS) is 11.3. The summed E-state index contributed by atoms with van der Waals surface area (Å²) in [6.45, 7) is 44.5. The van der Waals surface area contributed by atoms with Gasteiger partial charge in [0.25, 0.3) is 30.4 Å². The van der Waals surface area contributed by atoms with Crippen LogP contribution in [0.3, 0.4) is 0 Å². The van der Waals surface area contributed by atoms with Crippen molar-refractivity contribution in [2.75, 3.05) is 11.5 Å². The molecule has 0 saturated heterocycles. The van der Waals surface area contributed by atoms with Gasteiger partial charge in [-0.25, -0.2) is 0 Å². The van der Waals surface area contributed by atoms with Gasteiger partial charge in [-0.3, -0.25) is 13.7 Å². The molecule has 0 aliphatic heterocycles. The molecule has 0 atom stereocenters. The first-order chi connectivity index (χ1) is 65.2. The molecule has 0 fully saturated rings. The van der Waals surface area contributed by atoms with Crippen LogP contribution in [0.25, 0.3) is 43.1 Å². The summed E-state index contributed by atoms with van der Waals surface area (Å²) in [7, 11) is -14.7. The number of anilines is 2. The second kappa shape index (κ2) is 64.5. The van der Waals surface area contributed by atoms with Crippen LogP contribution < -0.4 is 22.4 Å². The molecule has 5 radical (unpaired) electrons. The van der Waals surface area contributed by atoms with Gasteiger partial charge in [0, 0.05) is 7.74 Å². The van der Waals surface area contributed by atoms with Crippen LogP contribution in [0.1, 0.15) is 173 Å². The topological polar surface area (TPSA) is 586 Å². The number of aromatic hydroxyl groups is 2. The molecule has 13 aromatic carbocycles. The SMILES string of the molecule is C.CC.CC.CC.CC.CC.CC.CC.CC.CC.CCC.CCC.Nc1c(N=Nc2ccccc2)c(S(=O)(=O)O)cc2cc(S(O)(O)O)c(N=Nc3ccccc3)c(O)c12.Nc1c(N=Nc2ccccc2)c(S(O)(O)O)cc2cc(S(=O)(=O)O)c(N=Nc3ccccc3)c(O)c12.[B][B]c1c(N=Nc2ccccc2)c(S(=O)(=O)O)cc2cc(S(O)(O)O)c(N=Nc3ccc4ccccc4c3)c([B])c12. The van der Waals surface area contributed by atoms with E-state index in [0.29, 0.717) is 34.1 Å². The summed E-state index contributed by atoms with van der Waals surface area (Å²) in [4.78, 5) is -4.00. The van der Waals surface area contributed by atoms with Gasteiger partial charge < -0.3 is 62.7 Å². The van der Waals surface area contributed by atoms with Crippen molar-refractivity contribution < 1.29 is 90.1 Å². The lowest BCUT2D eigenvalue weighted by atomic mass is 9.49. The molecule has 13 aromatic rings. The van der Waals surface area contributed by atoms with E-state index in [1.54, 1.807) is 164 Å². The summed E-state index contributed by atoms with van der Waals surface area (Å²) in [6, 6.07) is 60.1. The van der Waals surface area contributed by atoms with Gasteiger partial charge in [-0.15, -0.1) is 30.7 Å². The zero-order valence-electron chi connectivity index (χ0n) is 80.8. The summed E-state index contributed by atoms with van der Waals surface area (Å²) >= 11 is 0. The van der Waals surface area contributed by atoms with E-state index >= 15 is 0 Å². The fourth-order valence-electron chi connectivity index (χ4n) is 10.9. The minimum absolute atomic E-state index is 0. The Kier molecular flexibility index (Phi) is 60.0. The van der Waals surface area contributed by atoms with Crippen molar-refractivity contribution in [2.45, 2.75) is 202 Å². The molecule has 0 unspecified atom stereocenters. The van der Waals surface area contributed by atoms with E-state index in [1.807, 2.05) is 155 Å². The van der Waals surface area contributed by atoms with Crippen molar-refractivity contribution in [1.29, 1.82) is 0 Å². The molecule has 0 aliphatic carbocycles. The van der Waals surface area contributed by atoms with E-state index in [1.165, 1.54) is 12.8 Å². The number of phenols is 2. The predicted molar refractivity (Wildman–Crippen MR) is 573 cm³/mol. The van der Waals surface area contributed by atoms with Crippen LogP contribution in [0.4, 0.5) is 79.6 Å². The van der Waals surface area contributed by atoms with Gasteiger partial charge in [0.2, 0.25) is 0 Å². The lowest BCUT2D eigenvalue weighted by Gasteiger charge is -2.24. The van der Waals surface area contributed by atoms with Crippen LogP contribution in [0.5, 0.6) is 11.5 Å². The predicted octanol–water partition coefficient (Wildman–Crippen LogP) is 32.1. The Morgan fingerprint density at radius 1 is 0.268 bits per heavy atom. The molecular weight excluding hydrogens is 1880 g/mol. The maximum absolute atomic E-state index is 12.4. The third-order valence-corrected chi connectivity index (χ3v) is 21.3. The van der Waals surface area contributed by atoms with Crippen molar-refractivity contribution >= 4 is 219 Å². The minimum atomic E-state index is -4.95. The van der Waals surface area contributed by atoms with E-state index < -0.39 is 127 Å². The van der Waals surface area contributed by atoms with Crippen LogP contribution in [-0.4, -0.2) is 113 Å². The Morgan fingerprint density at radius 2 is 0.486 bits per heavy atom. The van der Waals surface area contributed by atoms with Gasteiger partial charge in [-0.05, 0) is 142 Å². The van der Waals surface area contributed by atoms with E-state index in [4.69, 9.17) is 27.1 Å². The molecule has 13 rings (SSSR count). The molecule has 0 saturated carbocycles. The molecule has 745 valence electrons. The van der Waals surface area contributed by atoms with Gasteiger partial charge in [0.15, 0.2) is 11.5 Å². The standard InChI is InChI=1S/C26H18B3N4O6S2.2C22H19N5O7S2.2C3H8.9C2H6.CH4/c27-23-22-17(14-21(41(37,38)39)26(24(22)29-28)33-30-18-8-2-1-3-9-18)13-20(40(34,35)36)25(23)32-31-19-11-10-15-6-4-5-7-16(15)12-19;2*23-19-18-13(11-16(35(29,30)31)20(19)26-24-14-7-3-1-4-8-14)12-17(36(32,33)34)21(22(18)28)27-25-15-9-5-2-6-10-15;2*1-3-2;9*1-2;/h1-14,34-36H,(H,37,38,39);1-12,28,32-34H,23H2,(H,29,30,31);1-12,28-31H,23H2,(H,32,33,34);2*3H2,1-2H3;9*1-2H3;1H4. The molecule has 18 N–H and O–H groups in total. The molecule has 0 bridgehead atoms. The monoisotopic (exact) mass is 2010 g/mol. The summed E-state index contributed by atoms with van der Waals surface area (Å²) in [6.07, 6.45) is 2.50. The highest BCUT2D eigenvalue weighted by atomic mass is 32.3. The molecule has 138 heavy (non-hydrogen) atoms. The largest absolute Gasteiger partial charge is 0.505 e. The molecular formula is C95H130B3N14O20S6. The summed E-state index contributed by atoms with van der Waals surface area (Å²) in [5.74, 6) is -1.53. The van der Waals surface area contributed by atoms with Gasteiger partial charge in [0.1, 0.15) is 83.6 Å². The second-order valence-corrected chi connectivity index (χ2v) is 33.6. The molecule has 0 heterocycles. The van der Waals surface area contributed by atoms with Crippen LogP contribution in [-0.2, 0) is 30.4 Å². The van der Waals surface area contributed by atoms with Gasteiger partial charge in [-0.2, -0.15) is 55.9 Å². The maximum Gasteiger partial charge on any atom is 0.296 e. The molecule has 0 spiro atoms. The first-order valence-electron chi connectivity index (χ1n) is 43.6. The Labute approximate surface area is 820 Å². The fourth-order valence-corrected chi connectivity index (χ4v) is 15.0. The summed E-state index contributed by atoms with van der Waals surface area (Å²) in [5, 5.41) is 70.9. The maximum atomic E-state index is 12.4. The molecule has 0 amide bonds. The molecule has 0 aliphatic rings. The van der Waals surface area contributed by atoms with Gasteiger partial charge >= 0.3 is 0 Å². The number of rotatable bonds is 19. The fraction of sp³-hybridized carbons (Fsp3) is 0.263. The average molecular weight is 2010 g/mol. The van der Waals surface area contributed by atoms with E-state index in [2.05, 4.69) is 89.1 Å². The first kappa shape index (κ1) is 128. The molecule has 34 nitrogen and oxygen atoms in total. The van der Waals surface area contributed by atoms with Gasteiger partial charge in [-0.1, -0.05) is 305 Å². The third kappa shape index (κ3) is 37.6. The highest BCUT2D eigenvalue weighted by Gasteiger charge is 2.33. The third-order valence-electron chi connectivity index (χ3n) is 16.0. The number of phenolic OH excluding ortho intramolecular Hbond substituents is 2. The number of azo groups is 6. The molecule has 43 heteroatoms. The zero-order chi connectivity index (χ0) is 105. The quantitative estimate of drug-likeness (QED) is 0.0155. The second-order valence-electron chi connectivity index (χ2n) is 25.0. The van der Waals surface area contributed by atoms with Crippen LogP contribution in [0.2, 0.25) is 0 Å². The summed E-state index contributed by atoms with van der Waals surface area (Å²) in [5.41, 5.74) is 10.9. The first-order valence-corrected chi connectivity index (χ1v) is 52.5. The zero-order valence-corrected chi connectivity index (χ0v) is 85.7. The lowest BCUT2D eigenvalue weighted by Crippen LogP contribution is -2.25. The van der Waals surface area contributed by atoms with Crippen LogP contribution in [0, 0.1) is 0 Å². The number of benzene rings is 13. The van der Waals surface area contributed by atoms with Crippen molar-refractivity contribution in [2.24, 2.45) is 61.4 Å². The number of hydrogen-bond donors (Lipinski definition) is 16. The Bertz CT molecular complexity index is 6220. The summed E-state index contributed by atoms with van der Waals surface area (Å²) < 4.78 is 193. The van der Waals surface area contributed by atoms with Crippen molar-refractivity contribution in [3.63, 3.8) is 0 Å². The average Bonchev–Trinajstić information content (AvgIpc) is 0.748. The smallest absolute Gasteiger partial charge is 0.296 e. The number of nitrogens with two attached hydrogens (primary N) is 2. The lowest BCUT2D eigenvalue weighted by molar-refractivity contribution is 0.373. The van der Waals surface area contributed by atoms with Crippen molar-refractivity contribution in [1.82, 2.24) is 0 Å². The van der Waals surface area contributed by atoms with Gasteiger partial charge in [0.05, 0.1) is 83.8 Å². The minimum Gasteiger partial charge on any atom is -0.505 e. The number of nitrogens with zero attached hydrogens (tertiary/aromatic N) is 12. The van der Waals surface area contributed by atoms with E-state index in [0.717, 1.165) is 54.3 Å². The van der Waals surface area contributed by atoms with Crippen LogP contribution >= 0.6 is 32.6 Å². The van der Waals surface area contributed by atoms with Crippen molar-refractivity contribution in [3.8, 4) is 11.5 Å². The number of hydrogen-bond acceptors (Lipinski definition) is 31. The Hall–Kier alpha value is -11.7. The van der Waals surface area contributed by atoms with Crippen LogP contribution in [0.15, 0.2) is 321 Å². The number of nitrogen functional groups attached to an aromatic ring is 2. The Balaban J connectivity index is 0.